The van der Waals surface area contributed by atoms with Gasteiger partial charge in [0.2, 0.25) is 0 Å². The van der Waals surface area contributed by atoms with Crippen LogP contribution in [-0.2, 0) is 6.54 Å². The zero-order valence-electron chi connectivity index (χ0n) is 12.6. The highest BCUT2D eigenvalue weighted by atomic mass is 32.2. The molecule has 4 N–H and O–H groups in total. The molecule has 0 radical (unpaired) electrons. The van der Waals surface area contributed by atoms with Crippen LogP contribution >= 0.6 is 11.8 Å². The molecule has 1 aromatic rings. The predicted octanol–water partition coefficient (Wildman–Crippen LogP) is 1.47. The Labute approximate surface area is 123 Å². The van der Waals surface area contributed by atoms with Gasteiger partial charge in [-0.05, 0) is 26.0 Å². The SMILES string of the molecule is CCn1c(N)c(NCC(CC)(CC)SC)c(=O)[nH]c1=O. The first-order valence-corrected chi connectivity index (χ1v) is 8.08. The number of nitrogen functional groups attached to an aromatic ring is 1. The summed E-state index contributed by atoms with van der Waals surface area (Å²) in [5, 5.41) is 3.13. The van der Waals surface area contributed by atoms with Gasteiger partial charge < -0.3 is 11.1 Å². The first-order chi connectivity index (χ1) is 9.44. The molecule has 0 atom stereocenters. The molecular weight excluding hydrogens is 276 g/mol. The van der Waals surface area contributed by atoms with E-state index in [-0.39, 0.29) is 16.3 Å². The maximum atomic E-state index is 11.9. The number of hydrogen-bond donors (Lipinski definition) is 3. The summed E-state index contributed by atoms with van der Waals surface area (Å²) in [4.78, 5) is 25.8. The molecule has 0 aliphatic carbocycles. The van der Waals surface area contributed by atoms with Crippen molar-refractivity contribution in [3.05, 3.63) is 20.8 Å². The molecule has 114 valence electrons. The first kappa shape index (κ1) is 16.7. The highest BCUT2D eigenvalue weighted by molar-refractivity contribution is 8.00. The smallest absolute Gasteiger partial charge is 0.330 e. The molecule has 1 aromatic heterocycles. The maximum Gasteiger partial charge on any atom is 0.330 e. The number of hydrogen-bond acceptors (Lipinski definition) is 5. The van der Waals surface area contributed by atoms with Crippen LogP contribution in [-0.4, -0.2) is 27.1 Å². The van der Waals surface area contributed by atoms with Gasteiger partial charge in [0.1, 0.15) is 11.5 Å². The van der Waals surface area contributed by atoms with Gasteiger partial charge in [-0.15, -0.1) is 0 Å². The second kappa shape index (κ2) is 6.88. The quantitative estimate of drug-likeness (QED) is 0.709. The Morgan fingerprint density at radius 1 is 1.30 bits per heavy atom. The molecule has 0 bridgehead atoms. The van der Waals surface area contributed by atoms with E-state index in [2.05, 4.69) is 30.4 Å². The van der Waals surface area contributed by atoms with E-state index in [9.17, 15) is 9.59 Å². The van der Waals surface area contributed by atoms with Gasteiger partial charge in [0.05, 0.1) is 0 Å². The summed E-state index contributed by atoms with van der Waals surface area (Å²) in [6, 6.07) is 0. The summed E-state index contributed by atoms with van der Waals surface area (Å²) in [5.74, 6) is 0.198. The highest BCUT2D eigenvalue weighted by Gasteiger charge is 2.25. The van der Waals surface area contributed by atoms with Gasteiger partial charge in [-0.1, -0.05) is 13.8 Å². The molecule has 0 saturated heterocycles. The monoisotopic (exact) mass is 300 g/mol. The van der Waals surface area contributed by atoms with Crippen LogP contribution in [0.2, 0.25) is 0 Å². The Hall–Kier alpha value is -1.37. The molecule has 1 heterocycles. The number of rotatable bonds is 7. The molecule has 0 unspecified atom stereocenters. The molecule has 0 saturated carbocycles. The standard InChI is InChI=1S/C13H24N4O2S/c1-5-13(6-2,20-4)8-15-9-10(14)17(7-3)12(19)16-11(9)18/h15H,5-8,14H2,1-4H3,(H,16,18,19). The third kappa shape index (κ3) is 3.20. The summed E-state index contributed by atoms with van der Waals surface area (Å²) in [7, 11) is 0. The Morgan fingerprint density at radius 3 is 2.35 bits per heavy atom. The number of aromatic nitrogens is 2. The second-order valence-corrected chi connectivity index (χ2v) is 5.99. The summed E-state index contributed by atoms with van der Waals surface area (Å²) < 4.78 is 1.41. The molecule has 1 rings (SSSR count). The number of thioether (sulfide) groups is 1. The summed E-state index contributed by atoms with van der Waals surface area (Å²) in [6.45, 7) is 7.12. The maximum absolute atomic E-state index is 11.9. The van der Waals surface area contributed by atoms with Gasteiger partial charge in [0, 0.05) is 17.8 Å². The van der Waals surface area contributed by atoms with E-state index in [1.54, 1.807) is 11.8 Å². The largest absolute Gasteiger partial charge is 0.383 e. The van der Waals surface area contributed by atoms with Crippen molar-refractivity contribution >= 4 is 23.3 Å². The van der Waals surface area contributed by atoms with Crippen molar-refractivity contribution in [1.82, 2.24) is 9.55 Å². The first-order valence-electron chi connectivity index (χ1n) is 6.86. The number of anilines is 2. The van der Waals surface area contributed by atoms with E-state index >= 15 is 0 Å². The van der Waals surface area contributed by atoms with Crippen LogP contribution in [0, 0.1) is 0 Å². The van der Waals surface area contributed by atoms with Crippen LogP contribution in [0.3, 0.4) is 0 Å². The zero-order valence-corrected chi connectivity index (χ0v) is 13.4. The van der Waals surface area contributed by atoms with Crippen LogP contribution in [0.5, 0.6) is 0 Å². The van der Waals surface area contributed by atoms with Gasteiger partial charge in [-0.25, -0.2) is 4.79 Å². The van der Waals surface area contributed by atoms with Crippen molar-refractivity contribution < 1.29 is 0 Å². The normalized spacial score (nSPS) is 11.6. The van der Waals surface area contributed by atoms with Crippen molar-refractivity contribution in [3.63, 3.8) is 0 Å². The average molecular weight is 300 g/mol. The predicted molar refractivity (Wildman–Crippen MR) is 86.7 cm³/mol. The van der Waals surface area contributed by atoms with Gasteiger partial charge in [-0.3, -0.25) is 14.3 Å². The van der Waals surface area contributed by atoms with Crippen LogP contribution in [0.25, 0.3) is 0 Å². The molecule has 0 aliphatic heterocycles. The van der Waals surface area contributed by atoms with E-state index in [0.717, 1.165) is 12.8 Å². The Kier molecular flexibility index (Phi) is 5.74. The van der Waals surface area contributed by atoms with Gasteiger partial charge >= 0.3 is 5.69 Å². The van der Waals surface area contributed by atoms with Crippen molar-refractivity contribution in [2.75, 3.05) is 23.9 Å². The summed E-state index contributed by atoms with van der Waals surface area (Å²) in [6.07, 6.45) is 4.04. The van der Waals surface area contributed by atoms with Crippen LogP contribution in [0.15, 0.2) is 9.59 Å². The number of aromatic amines is 1. The van der Waals surface area contributed by atoms with Crippen molar-refractivity contribution in [2.24, 2.45) is 0 Å². The molecule has 0 fully saturated rings. The van der Waals surface area contributed by atoms with Gasteiger partial charge in [0.25, 0.3) is 5.56 Å². The number of H-pyrrole nitrogens is 1. The molecular formula is C13H24N4O2S. The molecule has 6 nitrogen and oxygen atoms in total. The minimum Gasteiger partial charge on any atom is -0.383 e. The number of nitrogens with zero attached hydrogens (tertiary/aromatic N) is 1. The molecule has 0 aromatic carbocycles. The molecule has 20 heavy (non-hydrogen) atoms. The van der Waals surface area contributed by atoms with Gasteiger partial charge in [-0.2, -0.15) is 11.8 Å². The number of nitrogens with two attached hydrogens (primary N) is 1. The van der Waals surface area contributed by atoms with Crippen LogP contribution in [0.4, 0.5) is 11.5 Å². The molecule has 0 aliphatic rings. The van der Waals surface area contributed by atoms with Crippen LogP contribution in [0.1, 0.15) is 33.6 Å². The van der Waals surface area contributed by atoms with E-state index < -0.39 is 11.2 Å². The molecule has 7 heteroatoms. The Balaban J connectivity index is 3.11. The summed E-state index contributed by atoms with van der Waals surface area (Å²) >= 11 is 1.78. The zero-order chi connectivity index (χ0) is 15.3. The highest BCUT2D eigenvalue weighted by Crippen LogP contribution is 2.30. The lowest BCUT2D eigenvalue weighted by molar-refractivity contribution is 0.573. The van der Waals surface area contributed by atoms with E-state index in [1.165, 1.54) is 4.57 Å². The molecule has 0 amide bonds. The van der Waals surface area contributed by atoms with E-state index in [1.807, 2.05) is 6.92 Å². The summed E-state index contributed by atoms with van der Waals surface area (Å²) in [5.41, 5.74) is 5.28. The minimum absolute atomic E-state index is 0.0616. The number of nitrogens with one attached hydrogen (secondary N) is 2. The third-order valence-corrected chi connectivity index (χ3v) is 5.45. The lowest BCUT2D eigenvalue weighted by Crippen LogP contribution is -2.37. The van der Waals surface area contributed by atoms with Crippen molar-refractivity contribution in [3.8, 4) is 0 Å². The molecule has 0 spiro atoms. The Morgan fingerprint density at radius 2 is 1.90 bits per heavy atom. The van der Waals surface area contributed by atoms with Crippen molar-refractivity contribution in [2.45, 2.75) is 44.9 Å². The van der Waals surface area contributed by atoms with Crippen molar-refractivity contribution in [1.29, 1.82) is 0 Å². The third-order valence-electron chi connectivity index (χ3n) is 3.86. The lowest BCUT2D eigenvalue weighted by Gasteiger charge is -2.30. The topological polar surface area (TPSA) is 92.9 Å². The minimum atomic E-state index is -0.470. The Bertz CT molecular complexity index is 552. The van der Waals surface area contributed by atoms with Gasteiger partial charge in [0.15, 0.2) is 0 Å². The second-order valence-electron chi connectivity index (χ2n) is 4.71. The fourth-order valence-electron chi connectivity index (χ4n) is 2.18. The average Bonchev–Trinajstić information content (AvgIpc) is 2.43. The van der Waals surface area contributed by atoms with E-state index in [4.69, 9.17) is 5.73 Å². The van der Waals surface area contributed by atoms with E-state index in [0.29, 0.717) is 13.1 Å². The van der Waals surface area contributed by atoms with Crippen LogP contribution < -0.4 is 22.3 Å². The fourth-order valence-corrected chi connectivity index (χ4v) is 2.98. The fraction of sp³-hybridized carbons (Fsp3) is 0.692. The lowest BCUT2D eigenvalue weighted by atomic mass is 10.0.